The Morgan fingerprint density at radius 1 is 1.47 bits per heavy atom. The summed E-state index contributed by atoms with van der Waals surface area (Å²) >= 11 is 0. The molecule has 0 bridgehead atoms. The third kappa shape index (κ3) is 3.09. The normalized spacial score (nSPS) is 20.0. The van der Waals surface area contributed by atoms with Crippen LogP contribution in [0.1, 0.15) is 20.3 Å². The van der Waals surface area contributed by atoms with Crippen molar-refractivity contribution in [2.24, 2.45) is 0 Å². The van der Waals surface area contributed by atoms with E-state index in [4.69, 9.17) is 4.74 Å². The predicted molar refractivity (Wildman–Crippen MR) is 69.7 cm³/mol. The summed E-state index contributed by atoms with van der Waals surface area (Å²) in [5, 5.41) is 3.58. The molecule has 0 saturated carbocycles. The molecule has 1 aromatic rings. The molecule has 0 aromatic carbocycles. The molecule has 2 rings (SSSR count). The van der Waals surface area contributed by atoms with Crippen LogP contribution in [-0.2, 0) is 0 Å². The molecule has 17 heavy (non-hydrogen) atoms. The van der Waals surface area contributed by atoms with Crippen LogP contribution in [-0.4, -0.2) is 37.3 Å². The summed E-state index contributed by atoms with van der Waals surface area (Å²) in [5.41, 5.74) is 1.18. The number of rotatable bonds is 4. The first-order valence-electron chi connectivity index (χ1n) is 6.20. The summed E-state index contributed by atoms with van der Waals surface area (Å²) in [6, 6.07) is 5.13. The molecule has 1 N–H and O–H groups in total. The molecule has 1 fully saturated rings. The van der Waals surface area contributed by atoms with Gasteiger partial charge in [0.05, 0.1) is 19.0 Å². The van der Waals surface area contributed by atoms with E-state index in [1.165, 1.54) is 12.1 Å². The lowest BCUT2D eigenvalue weighted by molar-refractivity contribution is 0.398. The van der Waals surface area contributed by atoms with Crippen molar-refractivity contribution in [3.8, 4) is 5.88 Å². The second-order valence-electron chi connectivity index (χ2n) is 4.81. The van der Waals surface area contributed by atoms with E-state index in [-0.39, 0.29) is 0 Å². The van der Waals surface area contributed by atoms with Crippen LogP contribution >= 0.6 is 0 Å². The zero-order valence-electron chi connectivity index (χ0n) is 10.8. The topological polar surface area (TPSA) is 37.4 Å². The molecule has 1 aliphatic heterocycles. The van der Waals surface area contributed by atoms with Crippen LogP contribution in [0.5, 0.6) is 5.88 Å². The van der Waals surface area contributed by atoms with Gasteiger partial charge in [-0.05, 0) is 12.5 Å². The van der Waals surface area contributed by atoms with Crippen molar-refractivity contribution < 1.29 is 4.74 Å². The highest BCUT2D eigenvalue weighted by molar-refractivity contribution is 5.46. The highest BCUT2D eigenvalue weighted by Crippen LogP contribution is 2.21. The number of nitrogens with zero attached hydrogens (tertiary/aromatic N) is 2. The van der Waals surface area contributed by atoms with E-state index in [1.54, 1.807) is 7.11 Å². The molecule has 0 aliphatic carbocycles. The Balaban J connectivity index is 1.95. The van der Waals surface area contributed by atoms with Gasteiger partial charge in [0.2, 0.25) is 5.88 Å². The first kappa shape index (κ1) is 12.2. The molecule has 0 spiro atoms. The summed E-state index contributed by atoms with van der Waals surface area (Å²) < 4.78 is 5.06. The van der Waals surface area contributed by atoms with Gasteiger partial charge in [-0.2, -0.15) is 0 Å². The number of nitrogens with one attached hydrogen (secondary N) is 1. The molecule has 4 heteroatoms. The third-order valence-corrected chi connectivity index (χ3v) is 3.05. The molecule has 0 radical (unpaired) electrons. The van der Waals surface area contributed by atoms with Crippen molar-refractivity contribution in [2.75, 3.05) is 25.1 Å². The molecule has 1 atom stereocenters. The molecular weight excluding hydrogens is 214 g/mol. The summed E-state index contributed by atoms with van der Waals surface area (Å²) in [6.45, 7) is 6.54. The average molecular weight is 235 g/mol. The number of anilines is 1. The Hall–Kier alpha value is -1.29. The minimum atomic E-state index is 0.550. The average Bonchev–Trinajstić information content (AvgIpc) is 2.77. The van der Waals surface area contributed by atoms with Crippen molar-refractivity contribution in [2.45, 2.75) is 32.4 Å². The Morgan fingerprint density at radius 3 is 2.88 bits per heavy atom. The summed E-state index contributed by atoms with van der Waals surface area (Å²) in [4.78, 5) is 6.61. The summed E-state index contributed by atoms with van der Waals surface area (Å²) in [7, 11) is 1.64. The van der Waals surface area contributed by atoms with E-state index < -0.39 is 0 Å². The van der Waals surface area contributed by atoms with E-state index in [9.17, 15) is 0 Å². The quantitative estimate of drug-likeness (QED) is 0.861. The zero-order valence-corrected chi connectivity index (χ0v) is 10.8. The van der Waals surface area contributed by atoms with Crippen LogP contribution in [0.25, 0.3) is 0 Å². The van der Waals surface area contributed by atoms with Gasteiger partial charge in [0.1, 0.15) is 0 Å². The highest BCUT2D eigenvalue weighted by Gasteiger charge is 2.22. The Kier molecular flexibility index (Phi) is 3.84. The number of hydrogen-bond acceptors (Lipinski definition) is 4. The maximum absolute atomic E-state index is 5.06. The van der Waals surface area contributed by atoms with Gasteiger partial charge in [-0.25, -0.2) is 4.98 Å². The second-order valence-corrected chi connectivity index (χ2v) is 4.81. The van der Waals surface area contributed by atoms with Gasteiger partial charge < -0.3 is 15.0 Å². The van der Waals surface area contributed by atoms with Gasteiger partial charge >= 0.3 is 0 Å². The van der Waals surface area contributed by atoms with Gasteiger partial charge in [0.25, 0.3) is 0 Å². The second kappa shape index (κ2) is 5.36. The van der Waals surface area contributed by atoms with Gasteiger partial charge in [-0.1, -0.05) is 13.8 Å². The number of methoxy groups -OCH3 is 1. The van der Waals surface area contributed by atoms with Gasteiger partial charge in [-0.3, -0.25) is 0 Å². The van der Waals surface area contributed by atoms with E-state index in [0.29, 0.717) is 18.0 Å². The third-order valence-electron chi connectivity index (χ3n) is 3.05. The SMILES string of the molecule is COc1ccc(N2CCC(NC(C)C)C2)cn1. The molecule has 1 unspecified atom stereocenters. The van der Waals surface area contributed by atoms with Gasteiger partial charge in [0.15, 0.2) is 0 Å². The number of aromatic nitrogens is 1. The molecule has 1 aromatic heterocycles. The molecule has 1 saturated heterocycles. The van der Waals surface area contributed by atoms with Crippen LogP contribution in [0.3, 0.4) is 0 Å². The first-order chi connectivity index (χ1) is 8.19. The molecular formula is C13H21N3O. The lowest BCUT2D eigenvalue weighted by atomic mass is 10.2. The van der Waals surface area contributed by atoms with Crippen LogP contribution in [0, 0.1) is 0 Å². The fraction of sp³-hybridized carbons (Fsp3) is 0.615. The minimum absolute atomic E-state index is 0.550. The van der Waals surface area contributed by atoms with Crippen LogP contribution in [0.2, 0.25) is 0 Å². The molecule has 2 heterocycles. The molecule has 94 valence electrons. The van der Waals surface area contributed by atoms with Crippen molar-refractivity contribution in [3.05, 3.63) is 18.3 Å². The number of ether oxygens (including phenoxy) is 1. The lowest BCUT2D eigenvalue weighted by Crippen LogP contribution is -2.37. The zero-order chi connectivity index (χ0) is 12.3. The van der Waals surface area contributed by atoms with Crippen molar-refractivity contribution in [1.29, 1.82) is 0 Å². The van der Waals surface area contributed by atoms with Crippen molar-refractivity contribution >= 4 is 5.69 Å². The first-order valence-corrected chi connectivity index (χ1v) is 6.20. The van der Waals surface area contributed by atoms with Crippen LogP contribution in [0.15, 0.2) is 18.3 Å². The fourth-order valence-electron chi connectivity index (χ4n) is 2.28. The van der Waals surface area contributed by atoms with E-state index in [2.05, 4.69) is 35.1 Å². The summed E-state index contributed by atoms with van der Waals surface area (Å²) in [5.74, 6) is 0.671. The van der Waals surface area contributed by atoms with Gasteiger partial charge in [0, 0.05) is 31.2 Å². The molecule has 0 amide bonds. The Bertz CT molecular complexity index is 350. The molecule has 1 aliphatic rings. The Morgan fingerprint density at radius 2 is 2.29 bits per heavy atom. The smallest absolute Gasteiger partial charge is 0.213 e. The molecule has 4 nitrogen and oxygen atoms in total. The predicted octanol–water partition coefficient (Wildman–Crippen LogP) is 1.67. The van der Waals surface area contributed by atoms with E-state index >= 15 is 0 Å². The monoisotopic (exact) mass is 235 g/mol. The fourth-order valence-corrected chi connectivity index (χ4v) is 2.28. The van der Waals surface area contributed by atoms with Gasteiger partial charge in [-0.15, -0.1) is 0 Å². The largest absolute Gasteiger partial charge is 0.481 e. The van der Waals surface area contributed by atoms with E-state index in [0.717, 1.165) is 13.1 Å². The minimum Gasteiger partial charge on any atom is -0.481 e. The lowest BCUT2D eigenvalue weighted by Gasteiger charge is -2.20. The standard InChI is InChI=1S/C13H21N3O/c1-10(2)15-11-6-7-16(9-11)12-4-5-13(17-3)14-8-12/h4-5,8,10-11,15H,6-7,9H2,1-3H3. The Labute approximate surface area is 103 Å². The number of pyridine rings is 1. The maximum atomic E-state index is 5.06. The van der Waals surface area contributed by atoms with E-state index in [1.807, 2.05) is 12.3 Å². The van der Waals surface area contributed by atoms with Crippen molar-refractivity contribution in [1.82, 2.24) is 10.3 Å². The van der Waals surface area contributed by atoms with Crippen LogP contribution in [0.4, 0.5) is 5.69 Å². The number of hydrogen-bond donors (Lipinski definition) is 1. The summed E-state index contributed by atoms with van der Waals surface area (Å²) in [6.07, 6.45) is 3.08. The van der Waals surface area contributed by atoms with Crippen LogP contribution < -0.4 is 15.0 Å². The van der Waals surface area contributed by atoms with Crippen molar-refractivity contribution in [3.63, 3.8) is 0 Å². The maximum Gasteiger partial charge on any atom is 0.213 e. The highest BCUT2D eigenvalue weighted by atomic mass is 16.5.